The Kier molecular flexibility index (Phi) is 4.54. The average molecular weight is 309 g/mol. The molecule has 2 aliphatic heterocycles. The van der Waals surface area contributed by atoms with Crippen LogP contribution < -0.4 is 11.3 Å². The molecule has 1 aromatic heterocycles. The fourth-order valence-corrected chi connectivity index (χ4v) is 4.10. The van der Waals surface area contributed by atoms with Crippen molar-refractivity contribution < 1.29 is 4.79 Å². The van der Waals surface area contributed by atoms with Gasteiger partial charge >= 0.3 is 0 Å². The van der Waals surface area contributed by atoms with Gasteiger partial charge in [0.15, 0.2) is 5.01 Å². The molecule has 0 spiro atoms. The van der Waals surface area contributed by atoms with Gasteiger partial charge in [0.05, 0.1) is 5.69 Å². The van der Waals surface area contributed by atoms with Crippen LogP contribution in [0, 0.1) is 0 Å². The summed E-state index contributed by atoms with van der Waals surface area (Å²) >= 11 is 1.35. The number of nitrogens with one attached hydrogen (secondary N) is 1. The van der Waals surface area contributed by atoms with Gasteiger partial charge in [-0.05, 0) is 26.3 Å². The molecule has 2 saturated heterocycles. The fourth-order valence-electron chi connectivity index (χ4n) is 3.39. The van der Waals surface area contributed by atoms with E-state index in [1.54, 1.807) is 0 Å². The number of aromatic nitrogens is 1. The first-order valence-electron chi connectivity index (χ1n) is 7.61. The number of thiazole rings is 1. The van der Waals surface area contributed by atoms with Crippen molar-refractivity contribution in [3.63, 3.8) is 0 Å². The van der Waals surface area contributed by atoms with E-state index < -0.39 is 0 Å². The van der Waals surface area contributed by atoms with Crippen molar-refractivity contribution in [2.75, 3.05) is 19.6 Å². The summed E-state index contributed by atoms with van der Waals surface area (Å²) in [6.45, 7) is 6.60. The third kappa shape index (κ3) is 3.26. The molecule has 0 bridgehead atoms. The summed E-state index contributed by atoms with van der Waals surface area (Å²) in [7, 11) is 0. The number of piperidine rings is 1. The third-order valence-electron chi connectivity index (χ3n) is 4.56. The summed E-state index contributed by atoms with van der Waals surface area (Å²) in [6.07, 6.45) is 3.99. The van der Waals surface area contributed by atoms with Crippen LogP contribution in [0.15, 0.2) is 5.38 Å². The van der Waals surface area contributed by atoms with Gasteiger partial charge in [0, 0.05) is 37.1 Å². The second kappa shape index (κ2) is 6.39. The third-order valence-corrected chi connectivity index (χ3v) is 5.45. The van der Waals surface area contributed by atoms with Gasteiger partial charge in [-0.15, -0.1) is 11.3 Å². The van der Waals surface area contributed by atoms with Gasteiger partial charge in [-0.3, -0.25) is 20.0 Å². The molecule has 1 aromatic rings. The van der Waals surface area contributed by atoms with Crippen LogP contribution in [-0.2, 0) is 6.54 Å². The van der Waals surface area contributed by atoms with Crippen LogP contribution in [0.1, 0.15) is 41.7 Å². The molecular formula is C14H23N5OS. The first-order chi connectivity index (χ1) is 10.2. The van der Waals surface area contributed by atoms with Gasteiger partial charge in [-0.2, -0.15) is 0 Å². The van der Waals surface area contributed by atoms with E-state index in [9.17, 15) is 4.79 Å². The first-order valence-corrected chi connectivity index (χ1v) is 8.49. The number of rotatable bonds is 3. The highest BCUT2D eigenvalue weighted by atomic mass is 32.1. The number of amides is 1. The predicted molar refractivity (Wildman–Crippen MR) is 82.9 cm³/mol. The molecule has 3 heterocycles. The second-order valence-electron chi connectivity index (χ2n) is 6.04. The van der Waals surface area contributed by atoms with Crippen molar-refractivity contribution in [2.45, 2.75) is 44.8 Å². The average Bonchev–Trinajstić information content (AvgIpc) is 2.96. The van der Waals surface area contributed by atoms with E-state index in [4.69, 9.17) is 5.84 Å². The zero-order valence-corrected chi connectivity index (χ0v) is 13.2. The molecule has 0 aliphatic carbocycles. The Bertz CT molecular complexity index is 505. The van der Waals surface area contributed by atoms with E-state index in [1.807, 2.05) is 5.38 Å². The molecule has 6 nitrogen and oxygen atoms in total. The monoisotopic (exact) mass is 309 g/mol. The summed E-state index contributed by atoms with van der Waals surface area (Å²) in [5.41, 5.74) is 3.10. The normalized spacial score (nSPS) is 27.3. The summed E-state index contributed by atoms with van der Waals surface area (Å²) in [5.74, 6) is 4.84. The molecule has 2 unspecified atom stereocenters. The van der Waals surface area contributed by atoms with E-state index in [1.165, 1.54) is 37.1 Å². The van der Waals surface area contributed by atoms with Gasteiger partial charge in [0.25, 0.3) is 5.91 Å². The van der Waals surface area contributed by atoms with E-state index in [0.29, 0.717) is 17.1 Å². The minimum absolute atomic E-state index is 0.309. The molecular weight excluding hydrogens is 286 g/mol. The molecule has 2 fully saturated rings. The molecule has 116 valence electrons. The molecule has 0 aromatic carbocycles. The predicted octanol–water partition coefficient (Wildman–Crippen LogP) is 0.805. The summed E-state index contributed by atoms with van der Waals surface area (Å²) < 4.78 is 0. The SMILES string of the molecule is CC1CN2CCCCC2CN1Cc1csc(C(=O)NN)n1. The Morgan fingerprint density at radius 3 is 3.19 bits per heavy atom. The van der Waals surface area contributed by atoms with Gasteiger partial charge in [-0.1, -0.05) is 6.42 Å². The zero-order chi connectivity index (χ0) is 14.8. The highest BCUT2D eigenvalue weighted by Crippen LogP contribution is 2.25. The van der Waals surface area contributed by atoms with Gasteiger partial charge in [0.2, 0.25) is 0 Å². The Hall–Kier alpha value is -1.02. The van der Waals surface area contributed by atoms with E-state index >= 15 is 0 Å². The number of fused-ring (bicyclic) bond motifs is 1. The minimum Gasteiger partial charge on any atom is -0.298 e. The first kappa shape index (κ1) is 14.9. The van der Waals surface area contributed by atoms with Crippen molar-refractivity contribution in [1.29, 1.82) is 0 Å². The zero-order valence-electron chi connectivity index (χ0n) is 12.4. The molecule has 2 atom stereocenters. The van der Waals surface area contributed by atoms with E-state index in [2.05, 4.69) is 27.1 Å². The summed E-state index contributed by atoms with van der Waals surface area (Å²) in [5, 5.41) is 2.40. The Morgan fingerprint density at radius 2 is 2.38 bits per heavy atom. The lowest BCUT2D eigenvalue weighted by Gasteiger charge is -2.47. The maximum absolute atomic E-state index is 11.5. The molecule has 0 saturated carbocycles. The largest absolute Gasteiger partial charge is 0.298 e. The van der Waals surface area contributed by atoms with Crippen LogP contribution in [0.3, 0.4) is 0 Å². The van der Waals surface area contributed by atoms with Crippen molar-refractivity contribution >= 4 is 17.2 Å². The number of nitrogens with zero attached hydrogens (tertiary/aromatic N) is 3. The van der Waals surface area contributed by atoms with Gasteiger partial charge < -0.3 is 0 Å². The quantitative estimate of drug-likeness (QED) is 0.491. The van der Waals surface area contributed by atoms with Crippen molar-refractivity contribution in [3.05, 3.63) is 16.1 Å². The van der Waals surface area contributed by atoms with Crippen LogP contribution in [-0.4, -0.2) is 52.4 Å². The number of hydrogen-bond donors (Lipinski definition) is 2. The van der Waals surface area contributed by atoms with Crippen LogP contribution in [0.25, 0.3) is 0 Å². The standard InChI is InChI=1S/C14H23N5OS/c1-10-6-18-5-3-2-4-12(18)8-19(10)7-11-9-21-14(16-11)13(20)17-15/h9-10,12H,2-8,15H2,1H3,(H,17,20). The van der Waals surface area contributed by atoms with E-state index in [-0.39, 0.29) is 5.91 Å². The number of carbonyl (C=O) groups is 1. The Morgan fingerprint density at radius 1 is 1.52 bits per heavy atom. The molecule has 7 heteroatoms. The van der Waals surface area contributed by atoms with Crippen LogP contribution in [0.2, 0.25) is 0 Å². The molecule has 3 N–H and O–H groups in total. The van der Waals surface area contributed by atoms with E-state index in [0.717, 1.165) is 25.3 Å². The van der Waals surface area contributed by atoms with Crippen molar-refractivity contribution in [2.24, 2.45) is 5.84 Å². The molecule has 3 rings (SSSR count). The number of piperazine rings is 1. The number of nitrogen functional groups attached to an aromatic ring is 1. The molecule has 21 heavy (non-hydrogen) atoms. The van der Waals surface area contributed by atoms with Gasteiger partial charge in [0.1, 0.15) is 0 Å². The van der Waals surface area contributed by atoms with Crippen LogP contribution in [0.5, 0.6) is 0 Å². The van der Waals surface area contributed by atoms with Crippen LogP contribution >= 0.6 is 11.3 Å². The number of carbonyl (C=O) groups excluding carboxylic acids is 1. The van der Waals surface area contributed by atoms with Crippen LogP contribution in [0.4, 0.5) is 0 Å². The maximum Gasteiger partial charge on any atom is 0.294 e. The molecule has 0 radical (unpaired) electrons. The van der Waals surface area contributed by atoms with Crippen molar-refractivity contribution in [3.8, 4) is 0 Å². The summed E-state index contributed by atoms with van der Waals surface area (Å²) in [4.78, 5) is 21.0. The number of hydrogen-bond acceptors (Lipinski definition) is 6. The highest BCUT2D eigenvalue weighted by Gasteiger charge is 2.33. The minimum atomic E-state index is -0.309. The molecule has 2 aliphatic rings. The lowest BCUT2D eigenvalue weighted by molar-refractivity contribution is 0.0106. The number of nitrogens with two attached hydrogens (primary N) is 1. The Labute approximate surface area is 129 Å². The highest BCUT2D eigenvalue weighted by molar-refractivity contribution is 7.11. The smallest absolute Gasteiger partial charge is 0.294 e. The lowest BCUT2D eigenvalue weighted by atomic mass is 9.97. The Balaban J connectivity index is 1.64. The topological polar surface area (TPSA) is 74.5 Å². The number of hydrazine groups is 1. The maximum atomic E-state index is 11.5. The van der Waals surface area contributed by atoms with Gasteiger partial charge in [-0.25, -0.2) is 10.8 Å². The second-order valence-corrected chi connectivity index (χ2v) is 6.90. The lowest BCUT2D eigenvalue weighted by Crippen LogP contribution is -2.58. The molecule has 1 amide bonds. The fraction of sp³-hybridized carbons (Fsp3) is 0.714. The summed E-state index contributed by atoms with van der Waals surface area (Å²) in [6, 6.07) is 1.23. The van der Waals surface area contributed by atoms with Crippen molar-refractivity contribution in [1.82, 2.24) is 20.2 Å².